The van der Waals surface area contributed by atoms with Crippen molar-refractivity contribution >= 4 is 0 Å². The van der Waals surface area contributed by atoms with Gasteiger partial charge in [-0.05, 0) is 38.3 Å². The molecule has 3 rings (SSSR count). The molecule has 0 unspecified atom stereocenters. The predicted molar refractivity (Wildman–Crippen MR) is 92.9 cm³/mol. The van der Waals surface area contributed by atoms with Gasteiger partial charge >= 0.3 is 0 Å². The van der Waals surface area contributed by atoms with E-state index in [0.717, 1.165) is 56.2 Å². The van der Waals surface area contributed by atoms with Crippen molar-refractivity contribution in [2.75, 3.05) is 13.1 Å². The van der Waals surface area contributed by atoms with E-state index >= 15 is 0 Å². The van der Waals surface area contributed by atoms with Gasteiger partial charge in [-0.15, -0.1) is 0 Å². The lowest BCUT2D eigenvalue weighted by molar-refractivity contribution is 0.178. The first-order valence-corrected chi connectivity index (χ1v) is 8.84. The molecule has 24 heavy (non-hydrogen) atoms. The first-order chi connectivity index (χ1) is 11.5. The van der Waals surface area contributed by atoms with Crippen LogP contribution >= 0.6 is 0 Å². The molecule has 0 saturated carbocycles. The van der Waals surface area contributed by atoms with Crippen LogP contribution in [0.2, 0.25) is 0 Å². The van der Waals surface area contributed by atoms with Gasteiger partial charge in [0, 0.05) is 25.1 Å². The van der Waals surface area contributed by atoms with Crippen LogP contribution in [-0.2, 0) is 13.0 Å². The van der Waals surface area contributed by atoms with Crippen molar-refractivity contribution in [2.24, 2.45) is 5.92 Å². The zero-order valence-corrected chi connectivity index (χ0v) is 14.8. The van der Waals surface area contributed by atoms with Crippen LogP contribution in [0.1, 0.15) is 55.4 Å². The molecule has 0 aliphatic carbocycles. The smallest absolute Gasteiger partial charge is 0.231 e. The Morgan fingerprint density at radius 1 is 1.38 bits per heavy atom. The Kier molecular flexibility index (Phi) is 5.19. The number of likely N-dealkylation sites (tertiary alicyclic amines) is 1. The van der Waals surface area contributed by atoms with E-state index in [0.29, 0.717) is 17.6 Å². The summed E-state index contributed by atoms with van der Waals surface area (Å²) in [6.45, 7) is 9.07. The average Bonchev–Trinajstić information content (AvgIpc) is 2.99. The fourth-order valence-electron chi connectivity index (χ4n) is 3.36. The summed E-state index contributed by atoms with van der Waals surface area (Å²) in [4.78, 5) is 6.96. The fraction of sp³-hybridized carbons (Fsp3) is 0.579. The summed E-state index contributed by atoms with van der Waals surface area (Å²) in [5, 5.41) is 14.2. The molecule has 1 saturated heterocycles. The molecule has 1 aliphatic heterocycles. The maximum Gasteiger partial charge on any atom is 0.231 e. The van der Waals surface area contributed by atoms with Crippen LogP contribution < -0.4 is 0 Å². The molecule has 0 spiro atoms. The number of phenols is 1. The van der Waals surface area contributed by atoms with E-state index < -0.39 is 0 Å². The largest absolute Gasteiger partial charge is 0.508 e. The van der Waals surface area contributed by atoms with E-state index in [-0.39, 0.29) is 0 Å². The highest BCUT2D eigenvalue weighted by Crippen LogP contribution is 2.28. The Morgan fingerprint density at radius 2 is 2.21 bits per heavy atom. The number of rotatable bonds is 5. The fourth-order valence-corrected chi connectivity index (χ4v) is 3.36. The summed E-state index contributed by atoms with van der Waals surface area (Å²) in [5.41, 5.74) is 2.16. The number of aromatic nitrogens is 2. The van der Waals surface area contributed by atoms with Crippen molar-refractivity contribution in [3.63, 3.8) is 0 Å². The summed E-state index contributed by atoms with van der Waals surface area (Å²) in [6.07, 6.45) is 3.05. The molecule has 2 aromatic rings. The van der Waals surface area contributed by atoms with E-state index in [4.69, 9.17) is 4.52 Å². The first kappa shape index (κ1) is 17.0. The number of hydrogen-bond acceptors (Lipinski definition) is 5. The summed E-state index contributed by atoms with van der Waals surface area (Å²) in [7, 11) is 0. The Labute approximate surface area is 143 Å². The lowest BCUT2D eigenvalue weighted by Gasteiger charge is -2.31. The normalized spacial score (nSPS) is 19.1. The second-order valence-electron chi connectivity index (χ2n) is 7.35. The second kappa shape index (κ2) is 7.34. The van der Waals surface area contributed by atoms with Gasteiger partial charge in [-0.1, -0.05) is 36.7 Å². The Bertz CT molecular complexity index is 681. The second-order valence-corrected chi connectivity index (χ2v) is 7.35. The first-order valence-electron chi connectivity index (χ1n) is 8.84. The predicted octanol–water partition coefficient (Wildman–Crippen LogP) is 3.66. The highest BCUT2D eigenvalue weighted by molar-refractivity contribution is 5.35. The minimum atomic E-state index is 0.291. The quantitative estimate of drug-likeness (QED) is 0.907. The standard InChI is InChI=1S/C19H27N3O2/c1-13(2)9-18-20-19(24-21-18)15-5-4-8-22(11-15)12-16-10-14(3)6-7-17(16)23/h6-7,10,13,15,23H,4-5,8-9,11-12H2,1-3H3/t15-/m1/s1. The minimum absolute atomic E-state index is 0.291. The zero-order chi connectivity index (χ0) is 17.1. The number of aromatic hydroxyl groups is 1. The third-order valence-electron chi connectivity index (χ3n) is 4.56. The monoisotopic (exact) mass is 329 g/mol. The van der Waals surface area contributed by atoms with Crippen molar-refractivity contribution in [3.05, 3.63) is 41.0 Å². The maximum atomic E-state index is 10.1. The molecule has 1 aromatic carbocycles. The van der Waals surface area contributed by atoms with Crippen LogP contribution in [0.4, 0.5) is 0 Å². The van der Waals surface area contributed by atoms with E-state index in [9.17, 15) is 5.11 Å². The SMILES string of the molecule is Cc1ccc(O)c(CN2CCC[C@@H](c3nc(CC(C)C)no3)C2)c1. The van der Waals surface area contributed by atoms with Crippen LogP contribution in [-0.4, -0.2) is 33.2 Å². The Hall–Kier alpha value is -1.88. The molecule has 2 heterocycles. The Balaban J connectivity index is 1.66. The molecule has 1 N–H and O–H groups in total. The van der Waals surface area contributed by atoms with Crippen LogP contribution in [0.5, 0.6) is 5.75 Å². The van der Waals surface area contributed by atoms with E-state index in [2.05, 4.69) is 41.9 Å². The third kappa shape index (κ3) is 4.15. The molecule has 1 fully saturated rings. The lowest BCUT2D eigenvalue weighted by atomic mass is 9.97. The van der Waals surface area contributed by atoms with Crippen molar-refractivity contribution in [3.8, 4) is 5.75 Å². The van der Waals surface area contributed by atoms with Gasteiger partial charge in [0.05, 0.1) is 5.92 Å². The molecule has 0 amide bonds. The van der Waals surface area contributed by atoms with Crippen molar-refractivity contribution < 1.29 is 9.63 Å². The van der Waals surface area contributed by atoms with Crippen LogP contribution in [0.25, 0.3) is 0 Å². The van der Waals surface area contributed by atoms with Crippen LogP contribution in [0.3, 0.4) is 0 Å². The van der Waals surface area contributed by atoms with Gasteiger partial charge in [-0.25, -0.2) is 0 Å². The van der Waals surface area contributed by atoms with Gasteiger partial charge in [0.25, 0.3) is 0 Å². The molecule has 1 aromatic heterocycles. The van der Waals surface area contributed by atoms with Crippen molar-refractivity contribution in [1.82, 2.24) is 15.0 Å². The zero-order valence-electron chi connectivity index (χ0n) is 14.8. The third-order valence-corrected chi connectivity index (χ3v) is 4.56. The number of nitrogens with zero attached hydrogens (tertiary/aromatic N) is 3. The van der Waals surface area contributed by atoms with Gasteiger partial charge in [-0.2, -0.15) is 4.98 Å². The molecule has 1 aliphatic rings. The minimum Gasteiger partial charge on any atom is -0.508 e. The lowest BCUT2D eigenvalue weighted by Crippen LogP contribution is -2.34. The van der Waals surface area contributed by atoms with Gasteiger partial charge in [0.15, 0.2) is 5.82 Å². The van der Waals surface area contributed by atoms with E-state index in [1.54, 1.807) is 6.07 Å². The Morgan fingerprint density at radius 3 is 3.00 bits per heavy atom. The highest BCUT2D eigenvalue weighted by Gasteiger charge is 2.26. The van der Waals surface area contributed by atoms with Gasteiger partial charge in [0.2, 0.25) is 5.89 Å². The molecule has 0 bridgehead atoms. The van der Waals surface area contributed by atoms with Crippen molar-refractivity contribution in [1.29, 1.82) is 0 Å². The molecule has 130 valence electrons. The van der Waals surface area contributed by atoms with E-state index in [1.165, 1.54) is 5.56 Å². The van der Waals surface area contributed by atoms with Gasteiger partial charge < -0.3 is 9.63 Å². The average molecular weight is 329 g/mol. The molecule has 5 nitrogen and oxygen atoms in total. The highest BCUT2D eigenvalue weighted by atomic mass is 16.5. The topological polar surface area (TPSA) is 62.4 Å². The summed E-state index contributed by atoms with van der Waals surface area (Å²) in [6, 6.07) is 5.78. The van der Waals surface area contributed by atoms with Crippen molar-refractivity contribution in [2.45, 2.75) is 52.5 Å². The maximum absolute atomic E-state index is 10.1. The van der Waals surface area contributed by atoms with Gasteiger partial charge in [-0.3, -0.25) is 4.90 Å². The number of aryl methyl sites for hydroxylation is 1. The number of phenolic OH excluding ortho intramolecular Hbond substituents is 1. The summed E-state index contributed by atoms with van der Waals surface area (Å²) in [5.74, 6) is 2.78. The molecule has 0 radical (unpaired) electrons. The number of hydrogen-bond donors (Lipinski definition) is 1. The molecular weight excluding hydrogens is 302 g/mol. The van der Waals surface area contributed by atoms with Crippen LogP contribution in [0.15, 0.2) is 22.7 Å². The molecule has 5 heteroatoms. The van der Waals surface area contributed by atoms with Crippen LogP contribution in [0, 0.1) is 12.8 Å². The molecule has 1 atom stereocenters. The van der Waals surface area contributed by atoms with E-state index in [1.807, 2.05) is 6.07 Å². The summed E-state index contributed by atoms with van der Waals surface area (Å²) < 4.78 is 5.51. The number of piperidine rings is 1. The van der Waals surface area contributed by atoms with Gasteiger partial charge in [0.1, 0.15) is 5.75 Å². The molecular formula is C19H27N3O2. The summed E-state index contributed by atoms with van der Waals surface area (Å²) >= 11 is 0. The number of benzene rings is 1.